The molecule has 5 rings (SSSR count). The molecule has 8 heteroatoms. The zero-order valence-electron chi connectivity index (χ0n) is 17.2. The normalized spacial score (nSPS) is 19.7. The first-order valence-corrected chi connectivity index (χ1v) is 11.6. The minimum atomic E-state index is -0.130. The lowest BCUT2D eigenvalue weighted by atomic mass is 9.95. The lowest BCUT2D eigenvalue weighted by molar-refractivity contribution is -0.124. The molecule has 162 valence electrons. The summed E-state index contributed by atoms with van der Waals surface area (Å²) in [6.45, 7) is 2.37. The summed E-state index contributed by atoms with van der Waals surface area (Å²) in [5.74, 6) is 0.186. The number of hydrogen-bond donors (Lipinski definition) is 0. The van der Waals surface area contributed by atoms with Gasteiger partial charge in [0.2, 0.25) is 5.91 Å². The molecule has 2 fully saturated rings. The Balaban J connectivity index is 1.31. The van der Waals surface area contributed by atoms with Gasteiger partial charge in [0.15, 0.2) is 10.9 Å². The number of carbonyl (C=O) groups excluding carboxylic acids is 2. The molecule has 0 aliphatic carbocycles. The van der Waals surface area contributed by atoms with E-state index in [9.17, 15) is 9.59 Å². The van der Waals surface area contributed by atoms with Gasteiger partial charge in [0.1, 0.15) is 0 Å². The van der Waals surface area contributed by atoms with Crippen molar-refractivity contribution in [2.24, 2.45) is 5.92 Å². The van der Waals surface area contributed by atoms with Gasteiger partial charge >= 0.3 is 0 Å². The molecule has 2 aliphatic rings. The third-order valence-electron chi connectivity index (χ3n) is 6.05. The Morgan fingerprint density at radius 3 is 2.68 bits per heavy atom. The van der Waals surface area contributed by atoms with Gasteiger partial charge in [-0.3, -0.25) is 14.5 Å². The molecule has 4 heterocycles. The van der Waals surface area contributed by atoms with Crippen LogP contribution >= 0.6 is 11.3 Å². The molecule has 2 amide bonds. The first-order valence-electron chi connectivity index (χ1n) is 10.8. The lowest BCUT2D eigenvalue weighted by Gasteiger charge is -2.33. The van der Waals surface area contributed by atoms with Crippen LogP contribution in [0.1, 0.15) is 36.2 Å². The average molecular weight is 440 g/mol. The van der Waals surface area contributed by atoms with E-state index in [1.165, 1.54) is 6.26 Å². The number of nitrogens with zero attached hydrogens (tertiary/aromatic N) is 3. The molecule has 0 radical (unpaired) electrons. The number of ether oxygens (including phenoxy) is 1. The van der Waals surface area contributed by atoms with Crippen LogP contribution < -0.4 is 4.90 Å². The van der Waals surface area contributed by atoms with Crippen molar-refractivity contribution in [2.45, 2.75) is 31.8 Å². The number of para-hydroxylation sites is 1. The maximum atomic E-state index is 13.6. The monoisotopic (exact) mass is 439 g/mol. The van der Waals surface area contributed by atoms with Crippen molar-refractivity contribution >= 4 is 38.5 Å². The van der Waals surface area contributed by atoms with E-state index in [0.29, 0.717) is 38.2 Å². The second kappa shape index (κ2) is 8.80. The van der Waals surface area contributed by atoms with Crippen LogP contribution in [0.5, 0.6) is 0 Å². The van der Waals surface area contributed by atoms with Crippen molar-refractivity contribution in [3.63, 3.8) is 0 Å². The Labute approximate surface area is 184 Å². The Morgan fingerprint density at radius 2 is 1.97 bits per heavy atom. The van der Waals surface area contributed by atoms with Crippen LogP contribution in [0.4, 0.5) is 5.13 Å². The quantitative estimate of drug-likeness (QED) is 0.602. The van der Waals surface area contributed by atoms with E-state index in [2.05, 4.69) is 0 Å². The van der Waals surface area contributed by atoms with Crippen LogP contribution in [0.25, 0.3) is 10.2 Å². The molecule has 0 bridgehead atoms. The van der Waals surface area contributed by atoms with Crippen molar-refractivity contribution in [1.82, 2.24) is 9.88 Å². The van der Waals surface area contributed by atoms with Gasteiger partial charge in [-0.25, -0.2) is 4.98 Å². The van der Waals surface area contributed by atoms with Crippen molar-refractivity contribution in [3.05, 3.63) is 48.4 Å². The molecule has 1 unspecified atom stereocenters. The molecule has 1 atom stereocenters. The molecule has 2 aromatic heterocycles. The van der Waals surface area contributed by atoms with Crippen molar-refractivity contribution in [1.29, 1.82) is 0 Å². The Bertz CT molecular complexity index is 1020. The molecule has 0 N–H and O–H groups in total. The smallest absolute Gasteiger partial charge is 0.289 e. The van der Waals surface area contributed by atoms with E-state index in [-0.39, 0.29) is 23.8 Å². The summed E-state index contributed by atoms with van der Waals surface area (Å²) in [6, 6.07) is 11.3. The van der Waals surface area contributed by atoms with E-state index in [0.717, 1.165) is 34.8 Å². The first kappa shape index (κ1) is 20.2. The van der Waals surface area contributed by atoms with Gasteiger partial charge in [0, 0.05) is 25.6 Å². The Morgan fingerprint density at radius 1 is 1.13 bits per heavy atom. The van der Waals surface area contributed by atoms with Gasteiger partial charge in [0.25, 0.3) is 5.91 Å². The summed E-state index contributed by atoms with van der Waals surface area (Å²) >= 11 is 1.55. The number of fused-ring (bicyclic) bond motifs is 1. The fourth-order valence-electron chi connectivity index (χ4n) is 4.34. The minimum absolute atomic E-state index is 0.0524. The van der Waals surface area contributed by atoms with Gasteiger partial charge in [-0.1, -0.05) is 23.5 Å². The number of amides is 2. The lowest BCUT2D eigenvalue weighted by Crippen LogP contribution is -2.46. The van der Waals surface area contributed by atoms with Crippen LogP contribution in [-0.2, 0) is 9.53 Å². The molecule has 31 heavy (non-hydrogen) atoms. The minimum Gasteiger partial charge on any atom is -0.459 e. The maximum absolute atomic E-state index is 13.6. The molecule has 0 saturated carbocycles. The molecule has 2 saturated heterocycles. The van der Waals surface area contributed by atoms with E-state index < -0.39 is 0 Å². The van der Waals surface area contributed by atoms with Crippen LogP contribution in [0.15, 0.2) is 47.1 Å². The van der Waals surface area contributed by atoms with Gasteiger partial charge in [-0.05, 0) is 49.9 Å². The van der Waals surface area contributed by atoms with Gasteiger partial charge in [-0.15, -0.1) is 0 Å². The third-order valence-corrected chi connectivity index (χ3v) is 7.11. The number of benzene rings is 1. The van der Waals surface area contributed by atoms with Crippen molar-refractivity contribution in [2.75, 3.05) is 31.1 Å². The van der Waals surface area contributed by atoms with E-state index >= 15 is 0 Å². The highest BCUT2D eigenvalue weighted by Crippen LogP contribution is 2.32. The summed E-state index contributed by atoms with van der Waals surface area (Å²) < 4.78 is 12.1. The van der Waals surface area contributed by atoms with Crippen LogP contribution in [0, 0.1) is 5.92 Å². The van der Waals surface area contributed by atoms with Gasteiger partial charge in [0.05, 0.1) is 29.1 Å². The summed E-state index contributed by atoms with van der Waals surface area (Å²) in [5, 5.41) is 0.732. The predicted octanol–water partition coefficient (Wildman–Crippen LogP) is 3.95. The largest absolute Gasteiger partial charge is 0.459 e. The third kappa shape index (κ3) is 4.22. The van der Waals surface area contributed by atoms with E-state index in [1.807, 2.05) is 29.2 Å². The van der Waals surface area contributed by atoms with Gasteiger partial charge < -0.3 is 14.1 Å². The van der Waals surface area contributed by atoms with E-state index in [4.69, 9.17) is 14.1 Å². The van der Waals surface area contributed by atoms with Crippen LogP contribution in [0.3, 0.4) is 0 Å². The SMILES string of the molecule is O=C(c1ccco1)N1CCC(C(=O)N(CC2CCCO2)c2nc3ccccc3s2)CC1. The Hall–Kier alpha value is -2.71. The Kier molecular flexibility index (Phi) is 5.74. The average Bonchev–Trinajstić information content (AvgIpc) is 3.58. The number of likely N-dealkylation sites (tertiary alicyclic amines) is 1. The maximum Gasteiger partial charge on any atom is 0.289 e. The molecule has 3 aromatic rings. The number of thiazole rings is 1. The number of hydrogen-bond acceptors (Lipinski definition) is 6. The van der Waals surface area contributed by atoms with Crippen molar-refractivity contribution < 1.29 is 18.7 Å². The fraction of sp³-hybridized carbons (Fsp3) is 0.435. The zero-order chi connectivity index (χ0) is 21.2. The molecular weight excluding hydrogens is 414 g/mol. The zero-order valence-corrected chi connectivity index (χ0v) is 18.1. The number of piperidine rings is 1. The van der Waals surface area contributed by atoms with Crippen molar-refractivity contribution in [3.8, 4) is 0 Å². The highest BCUT2D eigenvalue weighted by molar-refractivity contribution is 7.22. The summed E-state index contributed by atoms with van der Waals surface area (Å²) in [4.78, 5) is 34.5. The second-order valence-corrected chi connectivity index (χ2v) is 9.10. The number of furan rings is 1. The topological polar surface area (TPSA) is 75.9 Å². The number of aromatic nitrogens is 1. The van der Waals surface area contributed by atoms with E-state index in [1.54, 1.807) is 28.4 Å². The fourth-order valence-corrected chi connectivity index (χ4v) is 5.32. The molecule has 0 spiro atoms. The molecule has 7 nitrogen and oxygen atoms in total. The molecule has 1 aromatic carbocycles. The van der Waals surface area contributed by atoms with Crippen LogP contribution in [-0.4, -0.2) is 54.0 Å². The van der Waals surface area contributed by atoms with Gasteiger partial charge in [-0.2, -0.15) is 0 Å². The summed E-state index contributed by atoms with van der Waals surface area (Å²) in [6.07, 6.45) is 4.82. The second-order valence-electron chi connectivity index (χ2n) is 8.09. The summed E-state index contributed by atoms with van der Waals surface area (Å²) in [5.41, 5.74) is 0.909. The standard InChI is InChI=1S/C23H25N3O4S/c27-21(16-9-11-25(12-10-16)22(28)19-7-4-14-30-19)26(15-17-5-3-13-29-17)23-24-18-6-1-2-8-20(18)31-23/h1-2,4,6-8,14,16-17H,3,5,9-13,15H2. The highest BCUT2D eigenvalue weighted by Gasteiger charge is 2.34. The van der Waals surface area contributed by atoms with Crippen LogP contribution in [0.2, 0.25) is 0 Å². The number of rotatable bonds is 5. The summed E-state index contributed by atoms with van der Waals surface area (Å²) in [7, 11) is 0. The first-order chi connectivity index (χ1) is 15.2. The number of carbonyl (C=O) groups is 2. The highest BCUT2D eigenvalue weighted by atomic mass is 32.1. The molecule has 2 aliphatic heterocycles. The predicted molar refractivity (Wildman–Crippen MR) is 118 cm³/mol. The number of anilines is 1. The molecular formula is C23H25N3O4S.